The number of hydrogen-bond donors (Lipinski definition) is 0. The molecule has 0 saturated heterocycles. The van der Waals surface area contributed by atoms with Crippen LogP contribution in [0.3, 0.4) is 0 Å². The first-order valence-electron chi connectivity index (χ1n) is 7.89. The number of hydrogen-bond acceptors (Lipinski definition) is 2. The van der Waals surface area contributed by atoms with E-state index in [4.69, 9.17) is 0 Å². The number of esters is 1. The average molecular weight is 373 g/mol. The molecule has 0 aliphatic rings. The summed E-state index contributed by atoms with van der Waals surface area (Å²) < 4.78 is 25.5. The molecule has 0 bridgehead atoms. The summed E-state index contributed by atoms with van der Waals surface area (Å²) in [6.45, 7) is 0. The first kappa shape index (κ1) is 19.7. The molecule has 0 fully saturated rings. The molecule has 2 nitrogen and oxygen atoms in total. The van der Waals surface area contributed by atoms with E-state index in [1.807, 2.05) is 0 Å². The molecule has 0 aliphatic carbocycles. The van der Waals surface area contributed by atoms with Gasteiger partial charge in [-0.15, -0.1) is 0 Å². The molecule has 3 aromatic carbocycles. The van der Waals surface area contributed by atoms with Gasteiger partial charge in [0.05, 0.1) is 18.0 Å². The lowest BCUT2D eigenvalue weighted by Crippen LogP contribution is -2.10. The van der Waals surface area contributed by atoms with Crippen LogP contribution in [0.5, 0.6) is 0 Å². The first-order chi connectivity index (χ1) is 12.6. The highest BCUT2D eigenvalue weighted by molar-refractivity contribution is 7.97. The summed E-state index contributed by atoms with van der Waals surface area (Å²) in [4.78, 5) is 13.6. The summed E-state index contributed by atoms with van der Waals surface area (Å²) >= 11 is 0. The van der Waals surface area contributed by atoms with Crippen LogP contribution in [0.15, 0.2) is 106 Å². The zero-order valence-corrected chi connectivity index (χ0v) is 15.0. The van der Waals surface area contributed by atoms with Crippen LogP contribution in [-0.4, -0.2) is 19.5 Å². The molecule has 0 unspecified atom stereocenters. The topological polar surface area (TPSA) is 26.3 Å². The zero-order chi connectivity index (χ0) is 18.8. The van der Waals surface area contributed by atoms with Gasteiger partial charge < -0.3 is 4.74 Å². The maximum atomic E-state index is 11.0. The Morgan fingerprint density at radius 2 is 1.04 bits per heavy atom. The van der Waals surface area contributed by atoms with Crippen LogP contribution >= 0.6 is 0 Å². The lowest BCUT2D eigenvalue weighted by Gasteiger charge is -2.07. The number of carbonyl (C=O) groups is 1. The second kappa shape index (κ2) is 10.4. The van der Waals surface area contributed by atoms with Crippen LogP contribution in [0, 0.1) is 0 Å². The fraction of sp³-hybridized carbons (Fsp3) is 0.0952. The van der Waals surface area contributed by atoms with Gasteiger partial charge in [0.15, 0.2) is 14.7 Å². The molecular formula is C21H19F2O2S+. The maximum absolute atomic E-state index is 11.0. The van der Waals surface area contributed by atoms with E-state index in [0.717, 1.165) is 7.11 Å². The second-order valence-electron chi connectivity index (χ2n) is 5.07. The van der Waals surface area contributed by atoms with Gasteiger partial charge in [-0.2, -0.15) is 8.78 Å². The van der Waals surface area contributed by atoms with Gasteiger partial charge in [-0.25, -0.2) is 4.79 Å². The minimum Gasteiger partial charge on any atom is -0.465 e. The predicted octanol–water partition coefficient (Wildman–Crippen LogP) is 5.21. The van der Waals surface area contributed by atoms with Crippen LogP contribution in [0.1, 0.15) is 0 Å². The van der Waals surface area contributed by atoms with Crippen molar-refractivity contribution >= 4 is 16.9 Å². The largest absolute Gasteiger partial charge is 0.465 e. The molecule has 0 saturated carbocycles. The first-order valence-corrected chi connectivity index (χ1v) is 9.11. The smallest absolute Gasteiger partial charge is 0.373 e. The van der Waals surface area contributed by atoms with Crippen molar-refractivity contribution in [3.05, 3.63) is 91.0 Å². The van der Waals surface area contributed by atoms with Crippen molar-refractivity contribution in [2.24, 2.45) is 0 Å². The highest BCUT2D eigenvalue weighted by Gasteiger charge is 2.27. The Bertz CT molecular complexity index is 687. The molecule has 0 atom stereocenters. The van der Waals surface area contributed by atoms with Gasteiger partial charge >= 0.3 is 12.4 Å². The van der Waals surface area contributed by atoms with Crippen molar-refractivity contribution < 1.29 is 18.3 Å². The van der Waals surface area contributed by atoms with E-state index in [0.29, 0.717) is 0 Å². The third-order valence-electron chi connectivity index (χ3n) is 3.32. The van der Waals surface area contributed by atoms with Gasteiger partial charge in [-0.1, -0.05) is 54.6 Å². The van der Waals surface area contributed by atoms with Crippen molar-refractivity contribution in [1.29, 1.82) is 0 Å². The second-order valence-corrected chi connectivity index (χ2v) is 7.10. The van der Waals surface area contributed by atoms with Crippen molar-refractivity contribution in [1.82, 2.24) is 0 Å². The SMILES string of the molecule is COC(=O)C(F)F.c1ccc([S+](c2ccccc2)c2ccccc2)cc1. The van der Waals surface area contributed by atoms with E-state index in [1.54, 1.807) is 0 Å². The van der Waals surface area contributed by atoms with Gasteiger partial charge in [0.2, 0.25) is 0 Å². The summed E-state index contributed by atoms with van der Waals surface area (Å²) in [5, 5.41) is 0. The molecule has 0 radical (unpaired) electrons. The van der Waals surface area contributed by atoms with Crippen LogP contribution in [0.2, 0.25) is 0 Å². The van der Waals surface area contributed by atoms with Crippen LogP contribution in [0.25, 0.3) is 0 Å². The summed E-state index contributed by atoms with van der Waals surface area (Å²) in [5.74, 6) is -1.49. The molecule has 3 aromatic rings. The third-order valence-corrected chi connectivity index (χ3v) is 5.55. The summed E-state index contributed by atoms with van der Waals surface area (Å²) in [5.41, 5.74) is 0. The maximum Gasteiger partial charge on any atom is 0.373 e. The number of methoxy groups -OCH3 is 1. The Morgan fingerprint density at radius 3 is 1.23 bits per heavy atom. The molecule has 5 heteroatoms. The Labute approximate surface area is 154 Å². The summed E-state index contributed by atoms with van der Waals surface area (Å²) in [6.07, 6.45) is -3.00. The summed E-state index contributed by atoms with van der Waals surface area (Å²) in [6, 6.07) is 32.2. The van der Waals surface area contributed by atoms with E-state index in [9.17, 15) is 13.6 Å². The minimum atomic E-state index is -3.00. The van der Waals surface area contributed by atoms with E-state index < -0.39 is 12.4 Å². The minimum absolute atomic E-state index is 0.0146. The predicted molar refractivity (Wildman–Crippen MR) is 99.5 cm³/mol. The molecule has 0 aromatic heterocycles. The molecule has 0 heterocycles. The van der Waals surface area contributed by atoms with Gasteiger partial charge in [0, 0.05) is 0 Å². The summed E-state index contributed by atoms with van der Waals surface area (Å²) in [7, 11) is 0.897. The van der Waals surface area contributed by atoms with Crippen LogP contribution in [0.4, 0.5) is 8.78 Å². The molecule has 134 valence electrons. The van der Waals surface area contributed by atoms with Crippen molar-refractivity contribution in [2.45, 2.75) is 21.1 Å². The molecule has 26 heavy (non-hydrogen) atoms. The average Bonchev–Trinajstić information content (AvgIpc) is 2.70. The number of halogens is 2. The Kier molecular flexibility index (Phi) is 7.83. The number of alkyl halides is 2. The number of ether oxygens (including phenoxy) is 1. The fourth-order valence-corrected chi connectivity index (χ4v) is 4.27. The van der Waals surface area contributed by atoms with Crippen molar-refractivity contribution in [3.63, 3.8) is 0 Å². The molecular weight excluding hydrogens is 354 g/mol. The number of benzene rings is 3. The van der Waals surface area contributed by atoms with Gasteiger partial charge in [0.1, 0.15) is 0 Å². The molecule has 0 amide bonds. The lowest BCUT2D eigenvalue weighted by molar-refractivity contribution is -0.153. The quantitative estimate of drug-likeness (QED) is 0.464. The standard InChI is InChI=1S/C18H15S.C3H4F2O2/c1-4-10-16(11-5-1)19(17-12-6-2-7-13-17)18-14-8-3-9-15-18;1-7-3(6)2(4)5/h1-15H;2H,1H3/q+1;. The van der Waals surface area contributed by atoms with Gasteiger partial charge in [0.25, 0.3) is 0 Å². The fourth-order valence-electron chi connectivity index (χ4n) is 2.17. The van der Waals surface area contributed by atoms with E-state index in [1.165, 1.54) is 14.7 Å². The Morgan fingerprint density at radius 1 is 0.731 bits per heavy atom. The normalized spacial score (nSPS) is 10.2. The Balaban J connectivity index is 0.000000298. The highest BCUT2D eigenvalue weighted by Crippen LogP contribution is 2.30. The zero-order valence-electron chi connectivity index (χ0n) is 14.2. The molecule has 0 N–H and O–H groups in total. The molecule has 0 aliphatic heterocycles. The number of rotatable bonds is 4. The van der Waals surface area contributed by atoms with E-state index in [-0.39, 0.29) is 10.9 Å². The van der Waals surface area contributed by atoms with Crippen LogP contribution < -0.4 is 0 Å². The molecule has 3 rings (SSSR count). The monoisotopic (exact) mass is 373 g/mol. The number of carbonyl (C=O) groups excluding carboxylic acids is 1. The van der Waals surface area contributed by atoms with E-state index >= 15 is 0 Å². The van der Waals surface area contributed by atoms with Crippen LogP contribution in [-0.2, 0) is 20.4 Å². The molecule has 0 spiro atoms. The Hall–Kier alpha value is -2.66. The van der Waals surface area contributed by atoms with Gasteiger partial charge in [-0.3, -0.25) is 0 Å². The van der Waals surface area contributed by atoms with Crippen molar-refractivity contribution in [3.8, 4) is 0 Å². The third kappa shape index (κ3) is 5.70. The van der Waals surface area contributed by atoms with Gasteiger partial charge in [-0.05, 0) is 36.4 Å². The van der Waals surface area contributed by atoms with Crippen molar-refractivity contribution in [2.75, 3.05) is 7.11 Å². The van der Waals surface area contributed by atoms with E-state index in [2.05, 4.69) is 95.7 Å². The highest BCUT2D eigenvalue weighted by atomic mass is 32.2. The lowest BCUT2D eigenvalue weighted by atomic mass is 10.4.